The Hall–Kier alpha value is -3.05. The minimum absolute atomic E-state index is 0.123. The molecule has 2 amide bonds. The van der Waals surface area contributed by atoms with Gasteiger partial charge < -0.3 is 5.32 Å². The van der Waals surface area contributed by atoms with Gasteiger partial charge in [-0.1, -0.05) is 69.6 Å². The van der Waals surface area contributed by atoms with E-state index in [9.17, 15) is 14.9 Å². The first-order valence-electron chi connectivity index (χ1n) is 9.97. The molecule has 0 aliphatic carbocycles. The highest BCUT2D eigenvalue weighted by molar-refractivity contribution is 9.10. The molecule has 0 radical (unpaired) electrons. The van der Waals surface area contributed by atoms with Gasteiger partial charge in [0, 0.05) is 20.9 Å². The van der Waals surface area contributed by atoms with Gasteiger partial charge in [0.15, 0.2) is 0 Å². The first-order chi connectivity index (χ1) is 16.0. The number of nitriles is 1. The summed E-state index contributed by atoms with van der Waals surface area (Å²) in [5.41, 5.74) is 1.97. The number of hydrogen-bond acceptors (Lipinski definition) is 4. The number of carbonyl (C=O) groups excluding carboxylic acids is 2. The molecule has 4 rings (SSSR count). The molecule has 0 saturated carbocycles. The molecule has 33 heavy (non-hydrogen) atoms. The third-order valence-corrected chi connectivity index (χ3v) is 7.00. The number of anilines is 2. The minimum atomic E-state index is -0.586. The van der Waals surface area contributed by atoms with Gasteiger partial charge in [-0.15, -0.1) is 0 Å². The first kappa shape index (κ1) is 23.1. The van der Waals surface area contributed by atoms with Gasteiger partial charge in [0.25, 0.3) is 5.91 Å². The van der Waals surface area contributed by atoms with E-state index in [1.807, 2.05) is 48.5 Å². The number of carbonyl (C=O) groups is 2. The smallest absolute Gasteiger partial charge is 0.269 e. The van der Waals surface area contributed by atoms with Gasteiger partial charge in [-0.3, -0.25) is 14.5 Å². The Morgan fingerprint density at radius 3 is 2.36 bits per heavy atom. The number of amides is 2. The molecule has 1 N–H and O–H groups in total. The Morgan fingerprint density at radius 1 is 1.06 bits per heavy atom. The second-order valence-electron chi connectivity index (χ2n) is 7.20. The van der Waals surface area contributed by atoms with Gasteiger partial charge in [0.05, 0.1) is 5.25 Å². The molecule has 8 heteroatoms. The average molecular weight is 539 g/mol. The Kier molecular flexibility index (Phi) is 7.19. The van der Waals surface area contributed by atoms with Crippen LogP contribution in [0.2, 0.25) is 5.02 Å². The van der Waals surface area contributed by atoms with Gasteiger partial charge in [-0.2, -0.15) is 5.26 Å². The molecule has 1 saturated heterocycles. The fourth-order valence-electron chi connectivity index (χ4n) is 3.37. The molecule has 1 aliphatic rings. The second-order valence-corrected chi connectivity index (χ2v) is 9.74. The Balaban J connectivity index is 1.72. The topological polar surface area (TPSA) is 73.2 Å². The van der Waals surface area contributed by atoms with E-state index in [0.29, 0.717) is 27.8 Å². The van der Waals surface area contributed by atoms with Crippen molar-refractivity contribution in [2.24, 2.45) is 0 Å². The van der Waals surface area contributed by atoms with Gasteiger partial charge in [0.1, 0.15) is 16.7 Å². The summed E-state index contributed by atoms with van der Waals surface area (Å²) in [6.07, 6.45) is 0.485. The van der Waals surface area contributed by atoms with Gasteiger partial charge in [0.2, 0.25) is 5.91 Å². The molecule has 0 aromatic heterocycles. The number of nitrogens with one attached hydrogen (secondary N) is 1. The third-order valence-electron chi connectivity index (χ3n) is 4.96. The summed E-state index contributed by atoms with van der Waals surface area (Å²) in [5, 5.41) is 13.0. The molecule has 3 aromatic rings. The van der Waals surface area contributed by atoms with Gasteiger partial charge in [-0.05, 0) is 60.5 Å². The monoisotopic (exact) mass is 537 g/mol. The van der Waals surface area contributed by atoms with Crippen LogP contribution in [0.25, 0.3) is 0 Å². The normalized spacial score (nSPS) is 16.9. The molecule has 0 bridgehead atoms. The second kappa shape index (κ2) is 10.3. The Bertz CT molecular complexity index is 1260. The molecule has 1 fully saturated rings. The Labute approximate surface area is 209 Å². The minimum Gasteiger partial charge on any atom is -0.321 e. The summed E-state index contributed by atoms with van der Waals surface area (Å²) in [6.45, 7) is 0. The van der Waals surface area contributed by atoms with E-state index < -0.39 is 11.2 Å². The molecule has 1 aliphatic heterocycles. The summed E-state index contributed by atoms with van der Waals surface area (Å²) in [7, 11) is 0. The first-order valence-corrected chi connectivity index (χ1v) is 12.0. The Morgan fingerprint density at radius 2 is 1.73 bits per heavy atom. The lowest BCUT2D eigenvalue weighted by molar-refractivity contribution is -0.117. The number of halogens is 2. The lowest BCUT2D eigenvalue weighted by Gasteiger charge is -2.19. The number of benzene rings is 3. The molecule has 1 atom stereocenters. The van der Waals surface area contributed by atoms with Crippen molar-refractivity contribution in [3.05, 3.63) is 105 Å². The van der Waals surface area contributed by atoms with Crippen LogP contribution >= 0.6 is 39.3 Å². The van der Waals surface area contributed by atoms with Gasteiger partial charge in [-0.25, -0.2) is 0 Å². The zero-order valence-electron chi connectivity index (χ0n) is 17.2. The van der Waals surface area contributed by atoms with E-state index in [-0.39, 0.29) is 11.5 Å². The van der Waals surface area contributed by atoms with Crippen LogP contribution in [0.5, 0.6) is 0 Å². The zero-order valence-corrected chi connectivity index (χ0v) is 20.3. The molecule has 5 nitrogen and oxygen atoms in total. The lowest BCUT2D eigenvalue weighted by atomic mass is 10.1. The van der Waals surface area contributed by atoms with E-state index >= 15 is 0 Å². The average Bonchev–Trinajstić information content (AvgIpc) is 3.12. The van der Waals surface area contributed by atoms with E-state index in [1.165, 1.54) is 16.7 Å². The maximum Gasteiger partial charge on any atom is 0.269 e. The summed E-state index contributed by atoms with van der Waals surface area (Å²) in [4.78, 5) is 27.9. The number of rotatable bonds is 5. The zero-order chi connectivity index (χ0) is 23.4. The third kappa shape index (κ3) is 5.31. The van der Waals surface area contributed by atoms with Crippen molar-refractivity contribution in [2.45, 2.75) is 11.7 Å². The highest BCUT2D eigenvalue weighted by Gasteiger charge is 2.40. The molecular formula is C25H17BrClN3O2S. The number of nitrogens with zero attached hydrogens (tertiary/aromatic N) is 2. The lowest BCUT2D eigenvalue weighted by Crippen LogP contribution is -2.30. The van der Waals surface area contributed by atoms with Crippen LogP contribution in [0.4, 0.5) is 11.4 Å². The summed E-state index contributed by atoms with van der Waals surface area (Å²) in [6, 6.07) is 25.5. The summed E-state index contributed by atoms with van der Waals surface area (Å²) in [5.74, 6) is -0.759. The van der Waals surface area contributed by atoms with Crippen molar-refractivity contribution in [3.8, 4) is 6.07 Å². The highest BCUT2D eigenvalue weighted by Crippen LogP contribution is 2.42. The van der Waals surface area contributed by atoms with Crippen LogP contribution in [0, 0.1) is 11.3 Å². The van der Waals surface area contributed by atoms with Crippen LogP contribution in [-0.4, -0.2) is 17.1 Å². The molecule has 0 unspecified atom stereocenters. The maximum absolute atomic E-state index is 13.4. The standard InChI is InChI=1S/C25H17BrClN3O2S/c26-17-6-12-20(13-7-17)30-24(32)22(14-16-4-2-1-3-5-16)33-25(30)21(15-28)23(31)29-19-10-8-18(27)9-11-19/h1-13,22H,14H2,(H,29,31)/b25-21-/t22-/m0/s1. The molecule has 0 spiro atoms. The van der Waals surface area contributed by atoms with Crippen molar-refractivity contribution in [2.75, 3.05) is 10.2 Å². The van der Waals surface area contributed by atoms with Crippen LogP contribution in [0.15, 0.2) is 93.9 Å². The summed E-state index contributed by atoms with van der Waals surface area (Å²) < 4.78 is 0.859. The van der Waals surface area contributed by atoms with E-state index in [0.717, 1.165) is 10.0 Å². The van der Waals surface area contributed by atoms with Crippen molar-refractivity contribution in [3.63, 3.8) is 0 Å². The molecular weight excluding hydrogens is 522 g/mol. The number of thioether (sulfide) groups is 1. The summed E-state index contributed by atoms with van der Waals surface area (Å²) >= 11 is 10.5. The molecule has 164 valence electrons. The van der Waals surface area contributed by atoms with Crippen molar-refractivity contribution < 1.29 is 9.59 Å². The fraction of sp³-hybridized carbons (Fsp3) is 0.0800. The number of hydrogen-bond donors (Lipinski definition) is 1. The van der Waals surface area contributed by atoms with E-state index in [2.05, 4.69) is 21.2 Å². The molecule has 3 aromatic carbocycles. The quantitative estimate of drug-likeness (QED) is 0.312. The van der Waals surface area contributed by atoms with E-state index in [1.54, 1.807) is 36.4 Å². The van der Waals surface area contributed by atoms with Gasteiger partial charge >= 0.3 is 0 Å². The predicted octanol–water partition coefficient (Wildman–Crippen LogP) is 6.17. The van der Waals surface area contributed by atoms with E-state index in [4.69, 9.17) is 11.6 Å². The largest absolute Gasteiger partial charge is 0.321 e. The molecule has 1 heterocycles. The van der Waals surface area contributed by atoms with Crippen LogP contribution in [0.3, 0.4) is 0 Å². The van der Waals surface area contributed by atoms with Crippen LogP contribution < -0.4 is 10.2 Å². The van der Waals surface area contributed by atoms with Crippen molar-refractivity contribution in [1.29, 1.82) is 5.26 Å². The SMILES string of the molecule is N#C/C(C(=O)Nc1ccc(Cl)cc1)=C1/S[C@@H](Cc2ccccc2)C(=O)N1c1ccc(Br)cc1. The maximum atomic E-state index is 13.4. The fourth-order valence-corrected chi connectivity index (χ4v) is 5.07. The highest BCUT2D eigenvalue weighted by atomic mass is 79.9. The predicted molar refractivity (Wildman–Crippen MR) is 136 cm³/mol. The van der Waals surface area contributed by atoms with Crippen molar-refractivity contribution in [1.82, 2.24) is 0 Å². The van der Waals surface area contributed by atoms with Crippen molar-refractivity contribution >= 4 is 62.5 Å². The van der Waals surface area contributed by atoms with Crippen LogP contribution in [-0.2, 0) is 16.0 Å². The van der Waals surface area contributed by atoms with Crippen LogP contribution in [0.1, 0.15) is 5.56 Å².